The fourth-order valence-corrected chi connectivity index (χ4v) is 2.65. The first-order valence-corrected chi connectivity index (χ1v) is 9.14. The van der Waals surface area contributed by atoms with Gasteiger partial charge in [-0.2, -0.15) is 0 Å². The molecule has 0 amide bonds. The molecule has 0 fully saturated rings. The minimum Gasteiger partial charge on any atom is -0.469 e. The standard InChI is InChI=1S/C16H21N3O3S/c1-17-16(18-10-9-14-4-3-11-22-14)19-12-13-5-7-15(8-6-13)23(2,20)21/h3-8,11H,9-10,12H2,1-2H3,(H2,17,18,19). The Morgan fingerprint density at radius 2 is 1.91 bits per heavy atom. The van der Waals surface area contributed by atoms with E-state index in [1.54, 1.807) is 37.6 Å². The number of rotatable bonds is 6. The Balaban J connectivity index is 1.81. The average molecular weight is 335 g/mol. The predicted octanol–water partition coefficient (Wildman–Crippen LogP) is 1.59. The molecule has 1 aromatic heterocycles. The normalized spacial score (nSPS) is 12.2. The number of nitrogens with zero attached hydrogens (tertiary/aromatic N) is 1. The van der Waals surface area contributed by atoms with Crippen molar-refractivity contribution >= 4 is 15.8 Å². The molecule has 2 aromatic rings. The Labute approximate surface area is 136 Å². The highest BCUT2D eigenvalue weighted by Gasteiger charge is 2.06. The number of guanidine groups is 1. The zero-order chi connectivity index (χ0) is 16.7. The highest BCUT2D eigenvalue weighted by Crippen LogP contribution is 2.10. The van der Waals surface area contributed by atoms with E-state index in [1.165, 1.54) is 6.26 Å². The summed E-state index contributed by atoms with van der Waals surface area (Å²) in [6.45, 7) is 1.27. The maximum atomic E-state index is 11.4. The van der Waals surface area contributed by atoms with Gasteiger partial charge in [-0.3, -0.25) is 4.99 Å². The van der Waals surface area contributed by atoms with Gasteiger partial charge in [0.25, 0.3) is 0 Å². The van der Waals surface area contributed by atoms with E-state index in [0.717, 1.165) is 17.7 Å². The third-order valence-electron chi connectivity index (χ3n) is 3.28. The number of sulfone groups is 1. The van der Waals surface area contributed by atoms with Crippen LogP contribution in [0.2, 0.25) is 0 Å². The minimum atomic E-state index is -3.15. The second-order valence-corrected chi connectivity index (χ2v) is 7.11. The highest BCUT2D eigenvalue weighted by atomic mass is 32.2. The zero-order valence-electron chi connectivity index (χ0n) is 13.2. The lowest BCUT2D eigenvalue weighted by atomic mass is 10.2. The third kappa shape index (κ3) is 5.45. The minimum absolute atomic E-state index is 0.321. The molecule has 1 aromatic carbocycles. The summed E-state index contributed by atoms with van der Waals surface area (Å²) in [5.41, 5.74) is 0.978. The van der Waals surface area contributed by atoms with Gasteiger partial charge in [-0.05, 0) is 29.8 Å². The topological polar surface area (TPSA) is 83.7 Å². The fourth-order valence-electron chi connectivity index (χ4n) is 2.02. The summed E-state index contributed by atoms with van der Waals surface area (Å²) in [5, 5.41) is 6.38. The molecule has 0 saturated carbocycles. The van der Waals surface area contributed by atoms with Gasteiger partial charge in [0.15, 0.2) is 15.8 Å². The number of hydrogen-bond donors (Lipinski definition) is 2. The largest absolute Gasteiger partial charge is 0.469 e. The van der Waals surface area contributed by atoms with Crippen molar-refractivity contribution in [2.45, 2.75) is 17.9 Å². The summed E-state index contributed by atoms with van der Waals surface area (Å²) in [6.07, 6.45) is 3.63. The lowest BCUT2D eigenvalue weighted by Gasteiger charge is -2.11. The first-order valence-electron chi connectivity index (χ1n) is 7.25. The van der Waals surface area contributed by atoms with Crippen molar-refractivity contribution in [2.24, 2.45) is 4.99 Å². The summed E-state index contributed by atoms with van der Waals surface area (Å²) >= 11 is 0. The molecule has 1 heterocycles. The van der Waals surface area contributed by atoms with Crippen molar-refractivity contribution in [2.75, 3.05) is 19.8 Å². The first-order chi connectivity index (χ1) is 11.0. The Morgan fingerprint density at radius 3 is 2.48 bits per heavy atom. The number of nitrogens with one attached hydrogen (secondary N) is 2. The van der Waals surface area contributed by atoms with E-state index in [9.17, 15) is 8.42 Å². The lowest BCUT2D eigenvalue weighted by molar-refractivity contribution is 0.507. The Morgan fingerprint density at radius 1 is 1.17 bits per heavy atom. The van der Waals surface area contributed by atoms with Crippen molar-refractivity contribution in [3.63, 3.8) is 0 Å². The van der Waals surface area contributed by atoms with Crippen LogP contribution in [0.25, 0.3) is 0 Å². The van der Waals surface area contributed by atoms with E-state index in [0.29, 0.717) is 23.9 Å². The fraction of sp³-hybridized carbons (Fsp3) is 0.312. The molecule has 0 bridgehead atoms. The molecule has 0 spiro atoms. The van der Waals surface area contributed by atoms with Crippen LogP contribution in [-0.2, 0) is 22.8 Å². The van der Waals surface area contributed by atoms with Crippen LogP contribution in [-0.4, -0.2) is 34.2 Å². The zero-order valence-corrected chi connectivity index (χ0v) is 14.1. The van der Waals surface area contributed by atoms with Crippen LogP contribution in [0.4, 0.5) is 0 Å². The maximum Gasteiger partial charge on any atom is 0.191 e. The molecule has 0 aliphatic carbocycles. The van der Waals surface area contributed by atoms with Crippen molar-refractivity contribution < 1.29 is 12.8 Å². The van der Waals surface area contributed by atoms with Gasteiger partial charge in [-0.15, -0.1) is 0 Å². The molecule has 2 rings (SSSR count). The van der Waals surface area contributed by atoms with Crippen molar-refractivity contribution in [1.29, 1.82) is 0 Å². The number of aliphatic imine (C=N–C) groups is 1. The van der Waals surface area contributed by atoms with E-state index in [4.69, 9.17) is 4.42 Å². The molecule has 23 heavy (non-hydrogen) atoms. The molecule has 0 aliphatic heterocycles. The molecule has 124 valence electrons. The number of furan rings is 1. The second kappa shape index (κ2) is 7.82. The van der Waals surface area contributed by atoms with Crippen molar-refractivity contribution in [3.8, 4) is 0 Å². The second-order valence-electron chi connectivity index (χ2n) is 5.10. The molecule has 6 nitrogen and oxygen atoms in total. The molecule has 0 aliphatic rings. The van der Waals surface area contributed by atoms with Crippen LogP contribution in [0.1, 0.15) is 11.3 Å². The molecular weight excluding hydrogens is 314 g/mol. The van der Waals surface area contributed by atoms with Crippen LogP contribution < -0.4 is 10.6 Å². The van der Waals surface area contributed by atoms with Crippen LogP contribution >= 0.6 is 0 Å². The monoisotopic (exact) mass is 335 g/mol. The van der Waals surface area contributed by atoms with Gasteiger partial charge in [0.1, 0.15) is 5.76 Å². The lowest BCUT2D eigenvalue weighted by Crippen LogP contribution is -2.37. The van der Waals surface area contributed by atoms with E-state index in [2.05, 4.69) is 15.6 Å². The summed E-state index contributed by atoms with van der Waals surface area (Å²) in [6, 6.07) is 10.6. The van der Waals surface area contributed by atoms with Gasteiger partial charge in [0.05, 0.1) is 11.2 Å². The third-order valence-corrected chi connectivity index (χ3v) is 4.41. The number of benzene rings is 1. The Hall–Kier alpha value is -2.28. The molecular formula is C16H21N3O3S. The Kier molecular flexibility index (Phi) is 5.81. The number of hydrogen-bond acceptors (Lipinski definition) is 4. The van der Waals surface area contributed by atoms with Crippen molar-refractivity contribution in [1.82, 2.24) is 10.6 Å². The quantitative estimate of drug-likeness (QED) is 0.619. The van der Waals surface area contributed by atoms with Crippen LogP contribution in [0, 0.1) is 0 Å². The summed E-state index contributed by atoms with van der Waals surface area (Å²) in [7, 11) is -1.45. The molecule has 0 radical (unpaired) electrons. The summed E-state index contributed by atoms with van der Waals surface area (Å²) in [5.74, 6) is 1.60. The van der Waals surface area contributed by atoms with E-state index < -0.39 is 9.84 Å². The molecule has 7 heteroatoms. The van der Waals surface area contributed by atoms with Crippen LogP contribution in [0.15, 0.2) is 57.0 Å². The average Bonchev–Trinajstić information content (AvgIpc) is 3.03. The summed E-state index contributed by atoms with van der Waals surface area (Å²) in [4.78, 5) is 4.47. The van der Waals surface area contributed by atoms with Crippen molar-refractivity contribution in [3.05, 3.63) is 54.0 Å². The van der Waals surface area contributed by atoms with Gasteiger partial charge in [0.2, 0.25) is 0 Å². The summed E-state index contributed by atoms with van der Waals surface area (Å²) < 4.78 is 28.1. The highest BCUT2D eigenvalue weighted by molar-refractivity contribution is 7.90. The van der Waals surface area contributed by atoms with E-state index in [-0.39, 0.29) is 0 Å². The van der Waals surface area contributed by atoms with E-state index >= 15 is 0 Å². The van der Waals surface area contributed by atoms with Crippen LogP contribution in [0.3, 0.4) is 0 Å². The van der Waals surface area contributed by atoms with Gasteiger partial charge in [0, 0.05) is 32.8 Å². The van der Waals surface area contributed by atoms with Crippen LogP contribution in [0.5, 0.6) is 0 Å². The molecule has 2 N–H and O–H groups in total. The predicted molar refractivity (Wildman–Crippen MR) is 90.2 cm³/mol. The van der Waals surface area contributed by atoms with Gasteiger partial charge in [-0.25, -0.2) is 8.42 Å². The molecule has 0 unspecified atom stereocenters. The Bertz CT molecular complexity index is 735. The molecule has 0 saturated heterocycles. The van der Waals surface area contributed by atoms with Gasteiger partial charge < -0.3 is 15.1 Å². The first kappa shape index (κ1) is 17.1. The smallest absolute Gasteiger partial charge is 0.191 e. The van der Waals surface area contributed by atoms with Gasteiger partial charge >= 0.3 is 0 Å². The maximum absolute atomic E-state index is 11.4. The molecule has 0 atom stereocenters. The van der Waals surface area contributed by atoms with Gasteiger partial charge in [-0.1, -0.05) is 12.1 Å². The van der Waals surface area contributed by atoms with E-state index in [1.807, 2.05) is 12.1 Å². The SMILES string of the molecule is CN=C(NCCc1ccco1)NCc1ccc(S(C)(=O)=O)cc1.